The van der Waals surface area contributed by atoms with Crippen molar-refractivity contribution in [1.29, 1.82) is 0 Å². The lowest BCUT2D eigenvalue weighted by Gasteiger charge is -2.23. The summed E-state index contributed by atoms with van der Waals surface area (Å²) in [6, 6.07) is 11.3. The van der Waals surface area contributed by atoms with Crippen molar-refractivity contribution in [3.8, 4) is 5.75 Å². The average molecular weight is 400 g/mol. The van der Waals surface area contributed by atoms with Gasteiger partial charge in [-0.25, -0.2) is 9.37 Å². The number of thiazole rings is 1. The normalized spacial score (nSPS) is 16.4. The van der Waals surface area contributed by atoms with Gasteiger partial charge < -0.3 is 9.47 Å². The number of nitrogens with zero attached hydrogens (tertiary/aromatic N) is 2. The van der Waals surface area contributed by atoms with Crippen LogP contribution in [0.4, 0.5) is 9.52 Å². The van der Waals surface area contributed by atoms with Crippen LogP contribution in [0, 0.1) is 5.82 Å². The third kappa shape index (κ3) is 4.00. The Morgan fingerprint density at radius 1 is 1.32 bits per heavy atom. The molecule has 0 aliphatic carbocycles. The van der Waals surface area contributed by atoms with Crippen molar-refractivity contribution in [3.05, 3.63) is 53.8 Å². The molecule has 28 heavy (non-hydrogen) atoms. The molecule has 7 heteroatoms. The summed E-state index contributed by atoms with van der Waals surface area (Å²) < 4.78 is 25.5. The van der Waals surface area contributed by atoms with Crippen molar-refractivity contribution in [3.63, 3.8) is 0 Å². The molecule has 1 amide bonds. The maximum Gasteiger partial charge on any atom is 0.260 e. The second-order valence-electron chi connectivity index (χ2n) is 6.62. The third-order valence-corrected chi connectivity index (χ3v) is 5.68. The minimum absolute atomic E-state index is 0.0182. The molecule has 146 valence electrons. The Morgan fingerprint density at radius 3 is 2.86 bits per heavy atom. The Hall–Kier alpha value is -2.51. The summed E-state index contributed by atoms with van der Waals surface area (Å²) in [5, 5.41) is 0.605. The summed E-state index contributed by atoms with van der Waals surface area (Å²) in [5.74, 6) is 0.200. The summed E-state index contributed by atoms with van der Waals surface area (Å²) in [7, 11) is 0. The minimum Gasteiger partial charge on any atom is -0.494 e. The van der Waals surface area contributed by atoms with E-state index in [-0.39, 0.29) is 17.8 Å². The van der Waals surface area contributed by atoms with Gasteiger partial charge in [-0.1, -0.05) is 11.3 Å². The average Bonchev–Trinajstić information content (AvgIpc) is 3.35. The minimum atomic E-state index is -0.370. The van der Waals surface area contributed by atoms with E-state index in [1.165, 1.54) is 35.6 Å². The van der Waals surface area contributed by atoms with Gasteiger partial charge in [0.05, 0.1) is 29.5 Å². The lowest BCUT2D eigenvalue weighted by molar-refractivity contribution is 0.0917. The van der Waals surface area contributed by atoms with E-state index in [4.69, 9.17) is 9.47 Å². The first kappa shape index (κ1) is 18.8. The Morgan fingerprint density at radius 2 is 2.14 bits per heavy atom. The van der Waals surface area contributed by atoms with E-state index in [0.717, 1.165) is 28.8 Å². The Bertz CT molecular complexity index is 967. The maximum atomic E-state index is 13.3. The molecule has 0 N–H and O–H groups in total. The van der Waals surface area contributed by atoms with E-state index >= 15 is 0 Å². The molecule has 3 aromatic rings. The largest absolute Gasteiger partial charge is 0.494 e. The highest BCUT2D eigenvalue weighted by Crippen LogP contribution is 2.33. The third-order valence-electron chi connectivity index (χ3n) is 4.64. The van der Waals surface area contributed by atoms with Crippen LogP contribution in [-0.2, 0) is 4.74 Å². The van der Waals surface area contributed by atoms with E-state index in [1.807, 2.05) is 25.1 Å². The fourth-order valence-electron chi connectivity index (χ4n) is 3.25. The van der Waals surface area contributed by atoms with Crippen LogP contribution in [0.1, 0.15) is 30.1 Å². The van der Waals surface area contributed by atoms with Crippen LogP contribution < -0.4 is 9.64 Å². The van der Waals surface area contributed by atoms with Crippen LogP contribution in [0.3, 0.4) is 0 Å². The lowest BCUT2D eigenvalue weighted by Crippen LogP contribution is -2.37. The number of carbonyl (C=O) groups is 1. The number of halogens is 1. The van der Waals surface area contributed by atoms with Crippen molar-refractivity contribution < 1.29 is 18.7 Å². The van der Waals surface area contributed by atoms with Crippen LogP contribution >= 0.6 is 11.3 Å². The van der Waals surface area contributed by atoms with Crippen LogP contribution in [0.5, 0.6) is 5.75 Å². The smallest absolute Gasteiger partial charge is 0.260 e. The molecule has 1 aliphatic heterocycles. The fourth-order valence-corrected chi connectivity index (χ4v) is 4.25. The van der Waals surface area contributed by atoms with Gasteiger partial charge in [0, 0.05) is 12.2 Å². The Kier molecular flexibility index (Phi) is 5.54. The van der Waals surface area contributed by atoms with E-state index in [9.17, 15) is 9.18 Å². The molecule has 4 rings (SSSR count). The van der Waals surface area contributed by atoms with Gasteiger partial charge in [0.25, 0.3) is 5.91 Å². The molecule has 1 unspecified atom stereocenters. The van der Waals surface area contributed by atoms with E-state index in [2.05, 4.69) is 4.98 Å². The summed E-state index contributed by atoms with van der Waals surface area (Å²) >= 11 is 1.44. The van der Waals surface area contributed by atoms with Crippen molar-refractivity contribution >= 4 is 32.6 Å². The molecule has 1 aliphatic rings. The van der Waals surface area contributed by atoms with Crippen molar-refractivity contribution in [1.82, 2.24) is 4.98 Å². The first-order valence-electron chi connectivity index (χ1n) is 9.36. The first-order chi connectivity index (χ1) is 13.6. The van der Waals surface area contributed by atoms with Gasteiger partial charge in [-0.3, -0.25) is 9.69 Å². The molecule has 0 radical (unpaired) electrons. The monoisotopic (exact) mass is 400 g/mol. The number of benzene rings is 2. The molecule has 1 aromatic heterocycles. The van der Waals surface area contributed by atoms with Crippen molar-refractivity contribution in [2.45, 2.75) is 25.9 Å². The zero-order chi connectivity index (χ0) is 19.5. The number of carbonyl (C=O) groups excluding carboxylic acids is 1. The molecular weight excluding hydrogens is 379 g/mol. The molecule has 1 saturated heterocycles. The van der Waals surface area contributed by atoms with Gasteiger partial charge in [-0.2, -0.15) is 0 Å². The Balaban J connectivity index is 1.68. The van der Waals surface area contributed by atoms with E-state index in [1.54, 1.807) is 4.90 Å². The topological polar surface area (TPSA) is 51.7 Å². The molecule has 1 atom stereocenters. The lowest BCUT2D eigenvalue weighted by atomic mass is 10.1. The highest BCUT2D eigenvalue weighted by Gasteiger charge is 2.27. The quantitative estimate of drug-likeness (QED) is 0.604. The van der Waals surface area contributed by atoms with Gasteiger partial charge >= 0.3 is 0 Å². The van der Waals surface area contributed by atoms with Gasteiger partial charge in [0.1, 0.15) is 11.6 Å². The molecular formula is C21H21FN2O3S. The SMILES string of the molecule is CCOc1ccc2nc(N(CC3CCCO3)C(=O)c3ccc(F)cc3)sc2c1. The summed E-state index contributed by atoms with van der Waals surface area (Å²) in [5.41, 5.74) is 1.24. The standard InChI is InChI=1S/C21H21FN2O3S/c1-2-26-16-9-10-18-19(12-16)28-21(23-18)24(13-17-4-3-11-27-17)20(25)14-5-7-15(22)8-6-14/h5-10,12,17H,2-4,11,13H2,1H3. The molecule has 5 nitrogen and oxygen atoms in total. The van der Waals surface area contributed by atoms with Crippen LogP contribution in [0.2, 0.25) is 0 Å². The van der Waals surface area contributed by atoms with Crippen LogP contribution in [0.15, 0.2) is 42.5 Å². The molecule has 0 saturated carbocycles. The van der Waals surface area contributed by atoms with Crippen LogP contribution in [0.25, 0.3) is 10.2 Å². The predicted octanol–water partition coefficient (Wildman–Crippen LogP) is 4.66. The van der Waals surface area contributed by atoms with Gasteiger partial charge in [-0.05, 0) is 62.2 Å². The second kappa shape index (κ2) is 8.24. The highest BCUT2D eigenvalue weighted by molar-refractivity contribution is 7.22. The molecule has 0 spiro atoms. The summed E-state index contributed by atoms with van der Waals surface area (Å²) in [6.45, 7) is 3.66. The number of fused-ring (bicyclic) bond motifs is 1. The molecule has 2 heterocycles. The first-order valence-corrected chi connectivity index (χ1v) is 10.2. The molecule has 1 fully saturated rings. The second-order valence-corrected chi connectivity index (χ2v) is 7.63. The number of rotatable bonds is 6. The van der Waals surface area contributed by atoms with E-state index < -0.39 is 0 Å². The Labute approximate surface area is 166 Å². The number of amides is 1. The van der Waals surface area contributed by atoms with Gasteiger partial charge in [-0.15, -0.1) is 0 Å². The number of hydrogen-bond donors (Lipinski definition) is 0. The number of hydrogen-bond acceptors (Lipinski definition) is 5. The fraction of sp³-hybridized carbons (Fsp3) is 0.333. The van der Waals surface area contributed by atoms with Crippen molar-refractivity contribution in [2.75, 3.05) is 24.7 Å². The van der Waals surface area contributed by atoms with E-state index in [0.29, 0.717) is 30.5 Å². The number of aromatic nitrogens is 1. The maximum absolute atomic E-state index is 13.3. The molecule has 0 bridgehead atoms. The van der Waals surface area contributed by atoms with Crippen molar-refractivity contribution in [2.24, 2.45) is 0 Å². The number of anilines is 1. The zero-order valence-corrected chi connectivity index (χ0v) is 16.4. The highest BCUT2D eigenvalue weighted by atomic mass is 32.1. The predicted molar refractivity (Wildman–Crippen MR) is 108 cm³/mol. The zero-order valence-electron chi connectivity index (χ0n) is 15.6. The number of ether oxygens (including phenoxy) is 2. The van der Waals surface area contributed by atoms with Crippen LogP contribution in [-0.4, -0.2) is 36.8 Å². The van der Waals surface area contributed by atoms with Gasteiger partial charge in [0.15, 0.2) is 5.13 Å². The van der Waals surface area contributed by atoms with Gasteiger partial charge in [0.2, 0.25) is 0 Å². The summed E-state index contributed by atoms with van der Waals surface area (Å²) in [6.07, 6.45) is 1.88. The summed E-state index contributed by atoms with van der Waals surface area (Å²) in [4.78, 5) is 19.5. The molecule has 2 aromatic carbocycles.